The number of rotatable bonds is 6. The Balaban J connectivity index is 1.52. The molecule has 2 aromatic carbocycles. The van der Waals surface area contributed by atoms with Gasteiger partial charge in [0.1, 0.15) is 10.8 Å². The van der Waals surface area contributed by atoms with Gasteiger partial charge >= 0.3 is 5.97 Å². The Bertz CT molecular complexity index is 983. The molecule has 0 aliphatic heterocycles. The van der Waals surface area contributed by atoms with Crippen LogP contribution in [-0.4, -0.2) is 36.5 Å². The minimum absolute atomic E-state index is 0.109. The van der Waals surface area contributed by atoms with E-state index >= 15 is 0 Å². The number of benzene rings is 2. The predicted molar refractivity (Wildman–Crippen MR) is 103 cm³/mol. The molecule has 0 unspecified atom stereocenters. The maximum atomic E-state index is 12.1. The molecular formula is C20H16N2O5S. The summed E-state index contributed by atoms with van der Waals surface area (Å²) in [6, 6.07) is 15.6. The van der Waals surface area contributed by atoms with E-state index < -0.39 is 24.4 Å². The van der Waals surface area contributed by atoms with E-state index in [1.165, 1.54) is 30.6 Å². The van der Waals surface area contributed by atoms with E-state index in [4.69, 9.17) is 9.47 Å². The molecule has 28 heavy (non-hydrogen) atoms. The fourth-order valence-electron chi connectivity index (χ4n) is 2.26. The van der Waals surface area contributed by atoms with Gasteiger partial charge in [0.05, 0.1) is 7.11 Å². The zero-order chi connectivity index (χ0) is 19.9. The number of methoxy groups -OCH3 is 1. The molecule has 0 aliphatic carbocycles. The summed E-state index contributed by atoms with van der Waals surface area (Å²) in [6.45, 7) is -0.584. The van der Waals surface area contributed by atoms with Crippen molar-refractivity contribution >= 4 is 29.1 Å². The van der Waals surface area contributed by atoms with Gasteiger partial charge in [-0.15, -0.1) is 11.3 Å². The third kappa shape index (κ3) is 4.80. The highest BCUT2D eigenvalue weighted by atomic mass is 32.1. The Morgan fingerprint density at radius 3 is 2.43 bits per heavy atom. The van der Waals surface area contributed by atoms with E-state index in [1.54, 1.807) is 17.5 Å². The van der Waals surface area contributed by atoms with Crippen LogP contribution in [0.4, 0.5) is 0 Å². The van der Waals surface area contributed by atoms with Gasteiger partial charge in [-0.25, -0.2) is 9.78 Å². The second-order valence-corrected chi connectivity index (χ2v) is 6.44. The summed E-state index contributed by atoms with van der Waals surface area (Å²) in [5.41, 5.74) is 1.28. The Hall–Kier alpha value is -3.52. The van der Waals surface area contributed by atoms with E-state index in [0.29, 0.717) is 10.8 Å². The lowest BCUT2D eigenvalue weighted by atomic mass is 10.2. The lowest BCUT2D eigenvalue weighted by Gasteiger charge is -2.06. The van der Waals surface area contributed by atoms with E-state index in [-0.39, 0.29) is 11.3 Å². The van der Waals surface area contributed by atoms with Gasteiger partial charge in [-0.05, 0) is 24.3 Å². The smallest absolute Gasteiger partial charge is 0.358 e. The van der Waals surface area contributed by atoms with Crippen molar-refractivity contribution in [3.05, 3.63) is 71.2 Å². The van der Waals surface area contributed by atoms with Crippen molar-refractivity contribution in [2.24, 2.45) is 0 Å². The molecule has 1 N–H and O–H groups in total. The summed E-state index contributed by atoms with van der Waals surface area (Å²) in [5, 5.41) is 4.39. The van der Waals surface area contributed by atoms with Crippen molar-refractivity contribution in [2.75, 3.05) is 13.7 Å². The van der Waals surface area contributed by atoms with Crippen LogP contribution in [0.2, 0.25) is 0 Å². The highest BCUT2D eigenvalue weighted by Crippen LogP contribution is 2.23. The minimum Gasteiger partial charge on any atom is -0.497 e. The topological polar surface area (TPSA) is 94.6 Å². The minimum atomic E-state index is -0.731. The number of carbonyl (C=O) groups is 3. The third-order valence-corrected chi connectivity index (χ3v) is 4.56. The maximum absolute atomic E-state index is 12.1. The highest BCUT2D eigenvalue weighted by molar-refractivity contribution is 7.13. The number of nitrogens with one attached hydrogen (secondary N) is 1. The van der Waals surface area contributed by atoms with Crippen LogP contribution in [0.25, 0.3) is 10.6 Å². The van der Waals surface area contributed by atoms with E-state index in [2.05, 4.69) is 10.3 Å². The molecule has 0 radical (unpaired) electrons. The molecule has 3 rings (SSSR count). The quantitative estimate of drug-likeness (QED) is 0.644. The van der Waals surface area contributed by atoms with Gasteiger partial charge in [0.25, 0.3) is 11.8 Å². The fraction of sp³-hybridized carbons (Fsp3) is 0.100. The molecule has 3 aromatic rings. The average molecular weight is 396 g/mol. The van der Waals surface area contributed by atoms with E-state index in [1.807, 2.05) is 30.3 Å². The van der Waals surface area contributed by atoms with E-state index in [9.17, 15) is 14.4 Å². The fourth-order valence-corrected chi connectivity index (χ4v) is 3.06. The monoisotopic (exact) mass is 396 g/mol. The summed E-state index contributed by atoms with van der Waals surface area (Å²) < 4.78 is 9.94. The largest absolute Gasteiger partial charge is 0.497 e. The van der Waals surface area contributed by atoms with Crippen LogP contribution in [-0.2, 0) is 9.53 Å². The maximum Gasteiger partial charge on any atom is 0.358 e. The first kappa shape index (κ1) is 19.2. The standard InChI is InChI=1S/C20H16N2O5S/c1-26-15-9-7-13(8-10-15)18(24)22-17(23)11-27-20(25)16-12-28-19(21-16)14-5-3-2-4-6-14/h2-10,12H,11H2,1H3,(H,22,23,24). The molecule has 2 amide bonds. The lowest BCUT2D eigenvalue weighted by Crippen LogP contribution is -2.34. The molecule has 1 heterocycles. The van der Waals surface area contributed by atoms with Crippen LogP contribution in [0.15, 0.2) is 60.0 Å². The van der Waals surface area contributed by atoms with Gasteiger partial charge in [-0.3, -0.25) is 14.9 Å². The second kappa shape index (κ2) is 8.92. The molecule has 0 fully saturated rings. The number of aromatic nitrogens is 1. The summed E-state index contributed by atoms with van der Waals surface area (Å²) in [4.78, 5) is 40.1. The van der Waals surface area contributed by atoms with Crippen molar-refractivity contribution in [1.29, 1.82) is 0 Å². The normalized spacial score (nSPS) is 10.2. The van der Waals surface area contributed by atoms with E-state index in [0.717, 1.165) is 5.56 Å². The molecule has 0 spiro atoms. The number of amides is 2. The molecule has 142 valence electrons. The summed E-state index contributed by atoms with van der Waals surface area (Å²) in [6.07, 6.45) is 0. The first-order valence-electron chi connectivity index (χ1n) is 8.23. The van der Waals surface area contributed by atoms with Crippen molar-refractivity contribution in [3.63, 3.8) is 0 Å². The van der Waals surface area contributed by atoms with Gasteiger partial charge in [0.2, 0.25) is 0 Å². The number of ether oxygens (including phenoxy) is 2. The number of imide groups is 1. The van der Waals surface area contributed by atoms with Crippen LogP contribution >= 0.6 is 11.3 Å². The van der Waals surface area contributed by atoms with Crippen LogP contribution in [0.5, 0.6) is 5.75 Å². The lowest BCUT2D eigenvalue weighted by molar-refractivity contribution is -0.123. The zero-order valence-electron chi connectivity index (χ0n) is 14.9. The predicted octanol–water partition coefficient (Wildman–Crippen LogP) is 2.93. The van der Waals surface area contributed by atoms with Gasteiger partial charge in [-0.2, -0.15) is 0 Å². The summed E-state index contributed by atoms with van der Waals surface area (Å²) in [7, 11) is 1.51. The molecule has 1 aromatic heterocycles. The number of hydrogen-bond acceptors (Lipinski definition) is 7. The van der Waals surface area contributed by atoms with Gasteiger partial charge < -0.3 is 9.47 Å². The molecular weight excluding hydrogens is 380 g/mol. The Kier molecular flexibility index (Phi) is 6.13. The molecule has 0 saturated carbocycles. The molecule has 0 saturated heterocycles. The molecule has 0 atom stereocenters. The third-order valence-electron chi connectivity index (χ3n) is 3.67. The van der Waals surface area contributed by atoms with Crippen molar-refractivity contribution < 1.29 is 23.9 Å². The second-order valence-electron chi connectivity index (χ2n) is 5.59. The highest BCUT2D eigenvalue weighted by Gasteiger charge is 2.16. The molecule has 8 heteroatoms. The van der Waals surface area contributed by atoms with Crippen molar-refractivity contribution in [1.82, 2.24) is 10.3 Å². The molecule has 7 nitrogen and oxygen atoms in total. The zero-order valence-corrected chi connectivity index (χ0v) is 15.7. The van der Waals surface area contributed by atoms with Crippen LogP contribution in [0.1, 0.15) is 20.8 Å². The Labute approximate surface area is 164 Å². The van der Waals surface area contributed by atoms with Crippen molar-refractivity contribution in [2.45, 2.75) is 0 Å². The van der Waals surface area contributed by atoms with Crippen LogP contribution < -0.4 is 10.1 Å². The molecule has 0 bridgehead atoms. The Morgan fingerprint density at radius 2 is 1.75 bits per heavy atom. The number of thiazole rings is 1. The number of hydrogen-bond donors (Lipinski definition) is 1. The van der Waals surface area contributed by atoms with Gasteiger partial charge in [0, 0.05) is 16.5 Å². The van der Waals surface area contributed by atoms with Crippen LogP contribution in [0.3, 0.4) is 0 Å². The number of nitrogens with zero attached hydrogens (tertiary/aromatic N) is 1. The first-order valence-corrected chi connectivity index (χ1v) is 9.11. The van der Waals surface area contributed by atoms with Crippen molar-refractivity contribution in [3.8, 4) is 16.3 Å². The summed E-state index contributed by atoms with van der Waals surface area (Å²) in [5.74, 6) is -1.46. The average Bonchev–Trinajstić information content (AvgIpc) is 3.23. The number of carbonyl (C=O) groups excluding carboxylic acids is 3. The summed E-state index contributed by atoms with van der Waals surface area (Å²) >= 11 is 1.30. The van der Waals surface area contributed by atoms with Gasteiger partial charge in [-0.1, -0.05) is 30.3 Å². The Morgan fingerprint density at radius 1 is 1.04 bits per heavy atom. The van der Waals surface area contributed by atoms with Crippen LogP contribution in [0, 0.1) is 0 Å². The molecule has 0 aliphatic rings. The number of esters is 1. The van der Waals surface area contributed by atoms with Gasteiger partial charge in [0.15, 0.2) is 12.3 Å². The first-order chi connectivity index (χ1) is 13.6. The SMILES string of the molecule is COc1ccc(C(=O)NC(=O)COC(=O)c2csc(-c3ccccc3)n2)cc1.